The van der Waals surface area contributed by atoms with Crippen LogP contribution in [-0.2, 0) is 19.9 Å². The highest BCUT2D eigenvalue weighted by molar-refractivity contribution is 6.09. The minimum absolute atomic E-state index is 0.0171. The Balaban J connectivity index is 2.61. The molecule has 1 atom stereocenters. The third-order valence-corrected chi connectivity index (χ3v) is 3.34. The molecule has 0 saturated carbocycles. The molecule has 6 heteroatoms. The molecule has 1 aromatic carbocycles. The second-order valence-electron chi connectivity index (χ2n) is 4.81. The van der Waals surface area contributed by atoms with Crippen LogP contribution in [0.2, 0.25) is 0 Å². The Hall–Kier alpha value is -2.37. The van der Waals surface area contributed by atoms with Crippen LogP contribution in [0.1, 0.15) is 25.8 Å². The fraction of sp³-hybridized carbons (Fsp3) is 0.357. The van der Waals surface area contributed by atoms with Crippen molar-refractivity contribution in [1.29, 1.82) is 0 Å². The van der Waals surface area contributed by atoms with E-state index in [0.717, 1.165) is 0 Å². The third-order valence-electron chi connectivity index (χ3n) is 3.34. The number of anilines is 1. The van der Waals surface area contributed by atoms with E-state index in [9.17, 15) is 9.59 Å². The molecule has 0 radical (unpaired) electrons. The lowest BCUT2D eigenvalue weighted by Gasteiger charge is -2.27. The molecule has 0 spiro atoms. The SMILES string of the molecule is CC(=O)O[C@]1(C/C(C)=N\O)C(=O)N(C)c2ccccc21. The molecule has 1 heterocycles. The molecule has 6 nitrogen and oxygen atoms in total. The Labute approximate surface area is 116 Å². The zero-order valence-electron chi connectivity index (χ0n) is 11.6. The number of rotatable bonds is 3. The number of esters is 1. The number of hydrogen-bond acceptors (Lipinski definition) is 5. The van der Waals surface area contributed by atoms with Gasteiger partial charge >= 0.3 is 5.97 Å². The molecule has 0 aliphatic carbocycles. The lowest BCUT2D eigenvalue weighted by molar-refractivity contribution is -0.164. The Morgan fingerprint density at radius 2 is 2.05 bits per heavy atom. The van der Waals surface area contributed by atoms with Crippen LogP contribution in [-0.4, -0.2) is 29.8 Å². The van der Waals surface area contributed by atoms with Gasteiger partial charge in [0.25, 0.3) is 5.91 Å². The molecule has 1 aromatic rings. The Morgan fingerprint density at radius 3 is 2.65 bits per heavy atom. The summed E-state index contributed by atoms with van der Waals surface area (Å²) >= 11 is 0. The van der Waals surface area contributed by atoms with Gasteiger partial charge in [0.05, 0.1) is 11.4 Å². The largest absolute Gasteiger partial charge is 0.444 e. The first-order chi connectivity index (χ1) is 9.42. The summed E-state index contributed by atoms with van der Waals surface area (Å²) in [4.78, 5) is 25.5. The van der Waals surface area contributed by atoms with E-state index in [1.807, 2.05) is 0 Å². The van der Waals surface area contributed by atoms with Gasteiger partial charge in [-0.15, -0.1) is 0 Å². The van der Waals surface area contributed by atoms with Crippen LogP contribution in [0, 0.1) is 0 Å². The van der Waals surface area contributed by atoms with Crippen LogP contribution < -0.4 is 4.90 Å². The molecule has 0 unspecified atom stereocenters. The van der Waals surface area contributed by atoms with E-state index >= 15 is 0 Å². The van der Waals surface area contributed by atoms with E-state index in [0.29, 0.717) is 17.0 Å². The van der Waals surface area contributed by atoms with Gasteiger partial charge in [0.1, 0.15) is 0 Å². The molecule has 1 aliphatic rings. The van der Waals surface area contributed by atoms with Crippen molar-refractivity contribution in [3.05, 3.63) is 29.8 Å². The van der Waals surface area contributed by atoms with Gasteiger partial charge in [-0.1, -0.05) is 23.4 Å². The summed E-state index contributed by atoms with van der Waals surface area (Å²) in [7, 11) is 1.62. The van der Waals surface area contributed by atoms with Gasteiger partial charge in [-0.3, -0.25) is 9.59 Å². The first-order valence-electron chi connectivity index (χ1n) is 6.17. The first-order valence-corrected chi connectivity index (χ1v) is 6.17. The van der Waals surface area contributed by atoms with Crippen LogP contribution in [0.25, 0.3) is 0 Å². The van der Waals surface area contributed by atoms with Gasteiger partial charge < -0.3 is 14.8 Å². The number of carbonyl (C=O) groups is 2. The van der Waals surface area contributed by atoms with E-state index < -0.39 is 11.6 Å². The summed E-state index contributed by atoms with van der Waals surface area (Å²) in [6.45, 7) is 2.82. The number of para-hydroxylation sites is 1. The normalized spacial score (nSPS) is 21.9. The summed E-state index contributed by atoms with van der Waals surface area (Å²) in [6, 6.07) is 7.10. The van der Waals surface area contributed by atoms with Crippen molar-refractivity contribution in [3.63, 3.8) is 0 Å². The second-order valence-corrected chi connectivity index (χ2v) is 4.81. The number of nitrogens with zero attached hydrogens (tertiary/aromatic N) is 2. The molecule has 106 valence electrons. The van der Waals surface area contributed by atoms with Gasteiger partial charge in [-0.2, -0.15) is 0 Å². The molecule has 2 rings (SSSR count). The highest BCUT2D eigenvalue weighted by Crippen LogP contribution is 2.44. The van der Waals surface area contributed by atoms with Crippen LogP contribution in [0.3, 0.4) is 0 Å². The number of hydrogen-bond donors (Lipinski definition) is 1. The number of oxime groups is 1. The maximum Gasteiger partial charge on any atom is 0.304 e. The van der Waals surface area contributed by atoms with Crippen molar-refractivity contribution in [2.45, 2.75) is 25.9 Å². The first kappa shape index (κ1) is 14.0. The van der Waals surface area contributed by atoms with Gasteiger partial charge in [0.15, 0.2) is 0 Å². The topological polar surface area (TPSA) is 79.2 Å². The zero-order valence-corrected chi connectivity index (χ0v) is 11.6. The van der Waals surface area contributed by atoms with Crippen molar-refractivity contribution >= 4 is 23.3 Å². The third kappa shape index (κ3) is 2.03. The molecule has 0 fully saturated rings. The number of ether oxygens (including phenoxy) is 1. The van der Waals surface area contributed by atoms with Crippen LogP contribution in [0.5, 0.6) is 0 Å². The molecule has 0 saturated heterocycles. The van der Waals surface area contributed by atoms with E-state index in [-0.39, 0.29) is 12.3 Å². The number of fused-ring (bicyclic) bond motifs is 1. The lowest BCUT2D eigenvalue weighted by atomic mass is 9.89. The summed E-state index contributed by atoms with van der Waals surface area (Å²) in [5.74, 6) is -0.911. The van der Waals surface area contributed by atoms with E-state index in [1.54, 1.807) is 38.2 Å². The van der Waals surface area contributed by atoms with Crippen LogP contribution >= 0.6 is 0 Å². The maximum absolute atomic E-state index is 12.6. The average Bonchev–Trinajstić information content (AvgIpc) is 2.62. The van der Waals surface area contributed by atoms with Gasteiger partial charge in [-0.25, -0.2) is 0 Å². The smallest absolute Gasteiger partial charge is 0.304 e. The molecular weight excluding hydrogens is 260 g/mol. The highest BCUT2D eigenvalue weighted by Gasteiger charge is 2.53. The van der Waals surface area contributed by atoms with Crippen molar-refractivity contribution in [2.75, 3.05) is 11.9 Å². The van der Waals surface area contributed by atoms with E-state index in [1.165, 1.54) is 11.8 Å². The molecule has 1 N–H and O–H groups in total. The Bertz CT molecular complexity index is 597. The Morgan fingerprint density at radius 1 is 1.40 bits per heavy atom. The van der Waals surface area contributed by atoms with E-state index in [4.69, 9.17) is 9.94 Å². The standard InChI is InChI=1S/C14H16N2O4/c1-9(15-19)8-14(20-10(2)17)11-6-4-5-7-12(11)16(3)13(14)18/h4-7,19H,8H2,1-3H3/b15-9-/t14-/m0/s1. The van der Waals surface area contributed by atoms with Gasteiger partial charge in [-0.05, 0) is 13.0 Å². The highest BCUT2D eigenvalue weighted by atomic mass is 16.6. The molecule has 1 aliphatic heterocycles. The molecule has 20 heavy (non-hydrogen) atoms. The van der Waals surface area contributed by atoms with Gasteiger partial charge in [0, 0.05) is 26.0 Å². The summed E-state index contributed by atoms with van der Waals surface area (Å²) in [5.41, 5.74) is 0.146. The minimum atomic E-state index is -1.45. The number of amides is 1. The quantitative estimate of drug-likeness (QED) is 0.394. The molecule has 1 amide bonds. The van der Waals surface area contributed by atoms with Gasteiger partial charge in [0.2, 0.25) is 5.60 Å². The minimum Gasteiger partial charge on any atom is -0.444 e. The molecule has 0 aromatic heterocycles. The van der Waals surface area contributed by atoms with Crippen molar-refractivity contribution in [1.82, 2.24) is 0 Å². The van der Waals surface area contributed by atoms with Crippen molar-refractivity contribution in [2.24, 2.45) is 5.16 Å². The zero-order chi connectivity index (χ0) is 14.9. The fourth-order valence-electron chi connectivity index (χ4n) is 2.55. The van der Waals surface area contributed by atoms with Crippen molar-refractivity contribution < 1.29 is 19.5 Å². The number of likely N-dealkylation sites (N-methyl/N-ethyl adjacent to an activating group) is 1. The Kier molecular flexibility index (Phi) is 3.48. The van der Waals surface area contributed by atoms with E-state index in [2.05, 4.69) is 5.16 Å². The van der Waals surface area contributed by atoms with Crippen LogP contribution in [0.15, 0.2) is 29.4 Å². The van der Waals surface area contributed by atoms with Crippen LogP contribution in [0.4, 0.5) is 5.69 Å². The number of carbonyl (C=O) groups excluding carboxylic acids is 2. The summed E-state index contributed by atoms with van der Waals surface area (Å²) in [6.07, 6.45) is 0.0171. The molecular formula is C14H16N2O4. The maximum atomic E-state index is 12.6. The van der Waals surface area contributed by atoms with Crippen molar-refractivity contribution in [3.8, 4) is 0 Å². The summed E-state index contributed by atoms with van der Waals surface area (Å²) in [5, 5.41) is 12.0. The predicted octanol–water partition coefficient (Wildman–Crippen LogP) is 1.66. The fourth-order valence-corrected chi connectivity index (χ4v) is 2.55. The predicted molar refractivity (Wildman–Crippen MR) is 72.8 cm³/mol. The number of benzene rings is 1. The lowest BCUT2D eigenvalue weighted by Crippen LogP contribution is -2.43. The average molecular weight is 276 g/mol. The second kappa shape index (κ2) is 4.96. The summed E-state index contributed by atoms with van der Waals surface area (Å²) < 4.78 is 5.36. The monoisotopic (exact) mass is 276 g/mol. The molecule has 0 bridgehead atoms.